The summed E-state index contributed by atoms with van der Waals surface area (Å²) >= 11 is 0. The SMILES string of the molecule is CCOC(OCC)C(NC)c1ccc(OC(C)C)cc1. The average Bonchev–Trinajstić information content (AvgIpc) is 2.41. The van der Waals surface area contributed by atoms with E-state index in [2.05, 4.69) is 5.32 Å². The van der Waals surface area contributed by atoms with Crippen LogP contribution in [0, 0.1) is 0 Å². The quantitative estimate of drug-likeness (QED) is 0.706. The van der Waals surface area contributed by atoms with Gasteiger partial charge < -0.3 is 19.5 Å². The van der Waals surface area contributed by atoms with Gasteiger partial charge in [-0.1, -0.05) is 12.1 Å². The highest BCUT2D eigenvalue weighted by molar-refractivity contribution is 5.29. The number of ether oxygens (including phenoxy) is 3. The fourth-order valence-electron chi connectivity index (χ4n) is 2.05. The van der Waals surface area contributed by atoms with Crippen molar-refractivity contribution in [3.8, 4) is 5.75 Å². The first-order valence-electron chi connectivity index (χ1n) is 7.29. The Labute approximate surface area is 122 Å². The van der Waals surface area contributed by atoms with Crippen molar-refractivity contribution in [1.82, 2.24) is 5.32 Å². The highest BCUT2D eigenvalue weighted by Gasteiger charge is 2.22. The minimum absolute atomic E-state index is 0.00278. The van der Waals surface area contributed by atoms with E-state index < -0.39 is 0 Å². The molecule has 1 aromatic rings. The van der Waals surface area contributed by atoms with Crippen LogP contribution in [0.3, 0.4) is 0 Å². The average molecular weight is 281 g/mol. The van der Waals surface area contributed by atoms with Gasteiger partial charge in [0, 0.05) is 13.2 Å². The van der Waals surface area contributed by atoms with Gasteiger partial charge in [0.2, 0.25) is 0 Å². The summed E-state index contributed by atoms with van der Waals surface area (Å²) < 4.78 is 17.0. The van der Waals surface area contributed by atoms with Crippen molar-refractivity contribution in [3.63, 3.8) is 0 Å². The molecule has 0 bridgehead atoms. The monoisotopic (exact) mass is 281 g/mol. The Kier molecular flexibility index (Phi) is 7.59. The van der Waals surface area contributed by atoms with Crippen molar-refractivity contribution in [2.75, 3.05) is 20.3 Å². The standard InChI is InChI=1S/C16H27NO3/c1-6-18-16(19-7-2)15(17-5)13-8-10-14(11-9-13)20-12(3)4/h8-12,15-17H,6-7H2,1-5H3. The van der Waals surface area contributed by atoms with Crippen molar-refractivity contribution in [3.05, 3.63) is 29.8 Å². The maximum atomic E-state index is 5.67. The zero-order valence-electron chi connectivity index (χ0n) is 13.2. The lowest BCUT2D eigenvalue weighted by Gasteiger charge is -2.27. The van der Waals surface area contributed by atoms with E-state index in [-0.39, 0.29) is 18.4 Å². The molecule has 1 N–H and O–H groups in total. The van der Waals surface area contributed by atoms with Crippen LogP contribution < -0.4 is 10.1 Å². The number of rotatable bonds is 9. The van der Waals surface area contributed by atoms with Crippen LogP contribution >= 0.6 is 0 Å². The summed E-state index contributed by atoms with van der Waals surface area (Å²) in [5.74, 6) is 0.878. The molecule has 0 saturated carbocycles. The molecule has 1 unspecified atom stereocenters. The Bertz CT molecular complexity index is 358. The van der Waals surface area contributed by atoms with Crippen molar-refractivity contribution in [2.45, 2.75) is 46.1 Å². The summed E-state index contributed by atoms with van der Waals surface area (Å²) in [6.07, 6.45) is -0.104. The Balaban J connectivity index is 2.82. The molecule has 0 radical (unpaired) electrons. The van der Waals surface area contributed by atoms with E-state index in [9.17, 15) is 0 Å². The molecular formula is C16H27NO3. The van der Waals surface area contributed by atoms with Crippen LogP contribution in [0.5, 0.6) is 5.75 Å². The van der Waals surface area contributed by atoms with E-state index in [1.54, 1.807) is 0 Å². The van der Waals surface area contributed by atoms with E-state index >= 15 is 0 Å². The zero-order chi connectivity index (χ0) is 15.0. The third-order valence-electron chi connectivity index (χ3n) is 2.86. The molecule has 0 aliphatic carbocycles. The topological polar surface area (TPSA) is 39.7 Å². The third-order valence-corrected chi connectivity index (χ3v) is 2.86. The molecule has 0 heterocycles. The zero-order valence-corrected chi connectivity index (χ0v) is 13.2. The molecule has 4 heteroatoms. The van der Waals surface area contributed by atoms with E-state index in [0.717, 1.165) is 11.3 Å². The van der Waals surface area contributed by atoms with Crippen molar-refractivity contribution >= 4 is 0 Å². The number of nitrogens with one attached hydrogen (secondary N) is 1. The molecule has 0 aliphatic rings. The first kappa shape index (κ1) is 17.0. The second-order valence-corrected chi connectivity index (χ2v) is 4.78. The Hall–Kier alpha value is -1.10. The maximum absolute atomic E-state index is 5.67. The van der Waals surface area contributed by atoms with Crippen LogP contribution in [-0.4, -0.2) is 32.7 Å². The molecule has 4 nitrogen and oxygen atoms in total. The van der Waals surface area contributed by atoms with Crippen LogP contribution in [0.15, 0.2) is 24.3 Å². The molecule has 1 atom stereocenters. The van der Waals surface area contributed by atoms with Gasteiger partial charge in [0.05, 0.1) is 12.1 Å². The fourth-order valence-corrected chi connectivity index (χ4v) is 2.05. The largest absolute Gasteiger partial charge is 0.491 e. The number of likely N-dealkylation sites (N-methyl/N-ethyl adjacent to an activating group) is 1. The highest BCUT2D eigenvalue weighted by Crippen LogP contribution is 2.23. The molecule has 20 heavy (non-hydrogen) atoms. The second kappa shape index (κ2) is 8.95. The van der Waals surface area contributed by atoms with Gasteiger partial charge in [-0.15, -0.1) is 0 Å². The number of hydrogen-bond acceptors (Lipinski definition) is 4. The van der Waals surface area contributed by atoms with Crippen molar-refractivity contribution in [2.24, 2.45) is 0 Å². The van der Waals surface area contributed by atoms with Crippen molar-refractivity contribution < 1.29 is 14.2 Å². The van der Waals surface area contributed by atoms with E-state index in [1.807, 2.05) is 59.0 Å². The van der Waals surface area contributed by atoms with Gasteiger partial charge >= 0.3 is 0 Å². The van der Waals surface area contributed by atoms with E-state index in [4.69, 9.17) is 14.2 Å². The predicted octanol–water partition coefficient (Wildman–Crippen LogP) is 3.13. The normalized spacial score (nSPS) is 12.9. The molecule has 0 amide bonds. The smallest absolute Gasteiger partial charge is 0.176 e. The van der Waals surface area contributed by atoms with E-state index in [1.165, 1.54) is 0 Å². The van der Waals surface area contributed by atoms with Gasteiger partial charge in [0.15, 0.2) is 6.29 Å². The predicted molar refractivity (Wildman–Crippen MR) is 81.0 cm³/mol. The molecule has 0 aliphatic heterocycles. The summed E-state index contributed by atoms with van der Waals surface area (Å²) in [7, 11) is 1.91. The van der Waals surface area contributed by atoms with Gasteiger partial charge in [-0.2, -0.15) is 0 Å². The van der Waals surface area contributed by atoms with Crippen LogP contribution in [-0.2, 0) is 9.47 Å². The van der Waals surface area contributed by atoms with Crippen LogP contribution in [0.4, 0.5) is 0 Å². The molecule has 1 rings (SSSR count). The lowest BCUT2D eigenvalue weighted by molar-refractivity contribution is -0.154. The fraction of sp³-hybridized carbons (Fsp3) is 0.625. The number of hydrogen-bond donors (Lipinski definition) is 1. The molecule has 0 fully saturated rings. The molecule has 0 saturated heterocycles. The summed E-state index contributed by atoms with van der Waals surface area (Å²) in [5, 5.41) is 3.26. The lowest BCUT2D eigenvalue weighted by Crippen LogP contribution is -2.34. The lowest BCUT2D eigenvalue weighted by atomic mass is 10.1. The third kappa shape index (κ3) is 5.12. The second-order valence-electron chi connectivity index (χ2n) is 4.78. The number of benzene rings is 1. The Morgan fingerprint density at radius 3 is 1.95 bits per heavy atom. The Morgan fingerprint density at radius 1 is 1.00 bits per heavy atom. The summed E-state index contributed by atoms with van der Waals surface area (Å²) in [6, 6.07) is 8.06. The highest BCUT2D eigenvalue weighted by atomic mass is 16.7. The maximum Gasteiger partial charge on any atom is 0.176 e. The summed E-state index contributed by atoms with van der Waals surface area (Å²) in [5.41, 5.74) is 1.12. The van der Waals surface area contributed by atoms with Crippen LogP contribution in [0.2, 0.25) is 0 Å². The van der Waals surface area contributed by atoms with Gasteiger partial charge in [-0.25, -0.2) is 0 Å². The molecule has 114 valence electrons. The molecule has 1 aromatic carbocycles. The first-order valence-corrected chi connectivity index (χ1v) is 7.29. The van der Waals surface area contributed by atoms with Crippen molar-refractivity contribution in [1.29, 1.82) is 0 Å². The van der Waals surface area contributed by atoms with Crippen LogP contribution in [0.1, 0.15) is 39.3 Å². The molecule has 0 aromatic heterocycles. The van der Waals surface area contributed by atoms with Gasteiger partial charge in [0.25, 0.3) is 0 Å². The van der Waals surface area contributed by atoms with Crippen LogP contribution in [0.25, 0.3) is 0 Å². The molecule has 0 spiro atoms. The minimum atomic E-state index is -0.285. The van der Waals surface area contributed by atoms with E-state index in [0.29, 0.717) is 13.2 Å². The first-order chi connectivity index (χ1) is 9.62. The van der Waals surface area contributed by atoms with Gasteiger partial charge in [0.1, 0.15) is 5.75 Å². The summed E-state index contributed by atoms with van der Waals surface area (Å²) in [4.78, 5) is 0. The Morgan fingerprint density at radius 2 is 1.55 bits per heavy atom. The summed E-state index contributed by atoms with van der Waals surface area (Å²) in [6.45, 7) is 9.22. The van der Waals surface area contributed by atoms with Gasteiger partial charge in [-0.3, -0.25) is 0 Å². The minimum Gasteiger partial charge on any atom is -0.491 e. The molecular weight excluding hydrogens is 254 g/mol. The van der Waals surface area contributed by atoms with Gasteiger partial charge in [-0.05, 0) is 52.4 Å².